The first-order valence-electron chi connectivity index (χ1n) is 7.51. The summed E-state index contributed by atoms with van der Waals surface area (Å²) in [5, 5.41) is 12.0. The summed E-state index contributed by atoms with van der Waals surface area (Å²) in [7, 11) is 0. The van der Waals surface area contributed by atoms with Crippen LogP contribution in [0.5, 0.6) is 0 Å². The van der Waals surface area contributed by atoms with Gasteiger partial charge in [-0.3, -0.25) is 4.79 Å². The Morgan fingerprint density at radius 3 is 2.57 bits per heavy atom. The third kappa shape index (κ3) is 2.64. The third-order valence-electron chi connectivity index (χ3n) is 4.94. The average molecular weight is 288 g/mol. The second kappa shape index (κ2) is 5.13. The number of hydrogen-bond donors (Lipinski definition) is 2. The van der Waals surface area contributed by atoms with E-state index in [1.54, 1.807) is 6.92 Å². The first kappa shape index (κ1) is 14.0. The lowest BCUT2D eigenvalue weighted by Crippen LogP contribution is -2.43. The van der Waals surface area contributed by atoms with E-state index in [2.05, 4.69) is 10.3 Å². The Labute approximate surface area is 123 Å². The van der Waals surface area contributed by atoms with Crippen LogP contribution in [0.1, 0.15) is 58.6 Å². The molecule has 0 aliphatic heterocycles. The lowest BCUT2D eigenvalue weighted by Gasteiger charge is -2.42. The fourth-order valence-corrected chi connectivity index (χ4v) is 3.32. The molecule has 0 aromatic carbocycles. The Kier molecular flexibility index (Phi) is 3.43. The van der Waals surface area contributed by atoms with E-state index in [0.29, 0.717) is 16.8 Å². The summed E-state index contributed by atoms with van der Waals surface area (Å²) in [6.07, 6.45) is 6.27. The maximum Gasteiger partial charge on any atom is 0.337 e. The lowest BCUT2D eigenvalue weighted by molar-refractivity contribution is 0.0694. The van der Waals surface area contributed by atoms with Gasteiger partial charge in [-0.2, -0.15) is 0 Å². The topological polar surface area (TPSA) is 79.3 Å². The number of nitrogens with zero attached hydrogens (tertiary/aromatic N) is 1. The first-order valence-corrected chi connectivity index (χ1v) is 7.51. The number of nitrogens with one attached hydrogen (secondary N) is 1. The molecule has 1 amide bonds. The highest BCUT2D eigenvalue weighted by atomic mass is 16.4. The number of carbonyl (C=O) groups excluding carboxylic acids is 1. The average Bonchev–Trinajstić information content (AvgIpc) is 3.21. The zero-order valence-electron chi connectivity index (χ0n) is 12.2. The van der Waals surface area contributed by atoms with Crippen molar-refractivity contribution >= 4 is 11.9 Å². The number of aromatic nitrogens is 1. The number of amides is 1. The summed E-state index contributed by atoms with van der Waals surface area (Å²) >= 11 is 0. The number of carboxylic acids is 1. The van der Waals surface area contributed by atoms with Crippen molar-refractivity contribution in [1.29, 1.82) is 0 Å². The molecule has 5 heteroatoms. The molecule has 2 aliphatic rings. The zero-order valence-corrected chi connectivity index (χ0v) is 12.2. The summed E-state index contributed by atoms with van der Waals surface area (Å²) in [4.78, 5) is 27.2. The Morgan fingerprint density at radius 1 is 1.38 bits per heavy atom. The second-order valence-corrected chi connectivity index (χ2v) is 6.31. The smallest absolute Gasteiger partial charge is 0.337 e. The van der Waals surface area contributed by atoms with Crippen molar-refractivity contribution < 1.29 is 14.7 Å². The molecular formula is C16H20N2O3. The van der Waals surface area contributed by atoms with Crippen LogP contribution in [0.4, 0.5) is 0 Å². The van der Waals surface area contributed by atoms with E-state index in [1.807, 2.05) is 0 Å². The molecule has 0 spiro atoms. The van der Waals surface area contributed by atoms with Gasteiger partial charge in [-0.05, 0) is 56.1 Å². The van der Waals surface area contributed by atoms with Crippen LogP contribution >= 0.6 is 0 Å². The predicted molar refractivity (Wildman–Crippen MR) is 77.3 cm³/mol. The SMILES string of the molecule is Cc1nc(C(=O)NCC2(C3CC3)CCC2)ccc1C(=O)O. The molecule has 21 heavy (non-hydrogen) atoms. The van der Waals surface area contributed by atoms with Crippen LogP contribution < -0.4 is 5.32 Å². The first-order chi connectivity index (χ1) is 10.0. The Hall–Kier alpha value is -1.91. The summed E-state index contributed by atoms with van der Waals surface area (Å²) in [6, 6.07) is 2.93. The van der Waals surface area contributed by atoms with Gasteiger partial charge in [0.2, 0.25) is 0 Å². The molecule has 2 fully saturated rings. The molecule has 5 nitrogen and oxygen atoms in total. The number of rotatable bonds is 5. The minimum Gasteiger partial charge on any atom is -0.478 e. The van der Waals surface area contributed by atoms with E-state index >= 15 is 0 Å². The second-order valence-electron chi connectivity index (χ2n) is 6.31. The maximum atomic E-state index is 12.2. The molecule has 0 atom stereocenters. The van der Waals surface area contributed by atoms with Crippen LogP contribution in [0.2, 0.25) is 0 Å². The molecular weight excluding hydrogens is 268 g/mol. The van der Waals surface area contributed by atoms with Crippen molar-refractivity contribution in [3.8, 4) is 0 Å². The van der Waals surface area contributed by atoms with E-state index in [0.717, 1.165) is 12.5 Å². The highest BCUT2D eigenvalue weighted by molar-refractivity contribution is 5.94. The Bertz CT molecular complexity index is 589. The van der Waals surface area contributed by atoms with Gasteiger partial charge in [0.25, 0.3) is 5.91 Å². The molecule has 2 N–H and O–H groups in total. The molecule has 3 rings (SSSR count). The molecule has 0 radical (unpaired) electrons. The van der Waals surface area contributed by atoms with Gasteiger partial charge >= 0.3 is 5.97 Å². The molecule has 2 saturated carbocycles. The van der Waals surface area contributed by atoms with Gasteiger partial charge in [0.1, 0.15) is 5.69 Å². The predicted octanol–water partition coefficient (Wildman–Crippen LogP) is 2.40. The van der Waals surface area contributed by atoms with Crippen LogP contribution in [0.25, 0.3) is 0 Å². The van der Waals surface area contributed by atoms with Crippen LogP contribution in [0.15, 0.2) is 12.1 Å². The quantitative estimate of drug-likeness (QED) is 0.872. The van der Waals surface area contributed by atoms with Crippen LogP contribution in [-0.2, 0) is 0 Å². The fraction of sp³-hybridized carbons (Fsp3) is 0.562. The normalized spacial score (nSPS) is 19.7. The van der Waals surface area contributed by atoms with Gasteiger partial charge in [-0.25, -0.2) is 9.78 Å². The third-order valence-corrected chi connectivity index (χ3v) is 4.94. The standard InChI is InChI=1S/C16H20N2O3/c1-10-12(15(20)21)5-6-13(18-10)14(19)17-9-16(7-2-8-16)11-3-4-11/h5-6,11H,2-4,7-9H2,1H3,(H,17,19)(H,20,21). The molecule has 0 saturated heterocycles. The van der Waals surface area contributed by atoms with Crippen LogP contribution in [-0.4, -0.2) is 28.5 Å². The van der Waals surface area contributed by atoms with Crippen LogP contribution in [0, 0.1) is 18.3 Å². The Balaban J connectivity index is 1.65. The number of carbonyl (C=O) groups is 2. The van der Waals surface area contributed by atoms with Crippen molar-refractivity contribution in [2.24, 2.45) is 11.3 Å². The number of aromatic carboxylic acids is 1. The molecule has 0 bridgehead atoms. The highest BCUT2D eigenvalue weighted by Crippen LogP contribution is 2.56. The number of pyridine rings is 1. The van der Waals surface area contributed by atoms with Gasteiger partial charge < -0.3 is 10.4 Å². The van der Waals surface area contributed by atoms with Gasteiger partial charge in [0, 0.05) is 6.54 Å². The molecule has 1 aromatic rings. The largest absolute Gasteiger partial charge is 0.478 e. The van der Waals surface area contributed by atoms with Crippen molar-refractivity contribution in [3.05, 3.63) is 29.1 Å². The van der Waals surface area contributed by atoms with Gasteiger partial charge in [0.15, 0.2) is 0 Å². The molecule has 0 unspecified atom stereocenters. The summed E-state index contributed by atoms with van der Waals surface area (Å²) in [6.45, 7) is 2.33. The zero-order chi connectivity index (χ0) is 15.0. The van der Waals surface area contributed by atoms with Crippen molar-refractivity contribution in [2.45, 2.75) is 39.0 Å². The Morgan fingerprint density at radius 2 is 2.10 bits per heavy atom. The maximum absolute atomic E-state index is 12.2. The highest BCUT2D eigenvalue weighted by Gasteiger charge is 2.48. The fourth-order valence-electron chi connectivity index (χ4n) is 3.32. The molecule has 112 valence electrons. The van der Waals surface area contributed by atoms with E-state index in [4.69, 9.17) is 5.11 Å². The van der Waals surface area contributed by atoms with E-state index < -0.39 is 5.97 Å². The van der Waals surface area contributed by atoms with Gasteiger partial charge in [-0.1, -0.05) is 6.42 Å². The van der Waals surface area contributed by atoms with Gasteiger partial charge in [-0.15, -0.1) is 0 Å². The summed E-state index contributed by atoms with van der Waals surface area (Å²) < 4.78 is 0. The molecule has 2 aliphatic carbocycles. The minimum absolute atomic E-state index is 0.139. The monoisotopic (exact) mass is 288 g/mol. The summed E-state index contributed by atoms with van der Waals surface area (Å²) in [5.74, 6) is -0.438. The van der Waals surface area contributed by atoms with Crippen molar-refractivity contribution in [3.63, 3.8) is 0 Å². The van der Waals surface area contributed by atoms with Crippen molar-refractivity contribution in [1.82, 2.24) is 10.3 Å². The minimum atomic E-state index is -1.02. The van der Waals surface area contributed by atoms with E-state index in [1.165, 1.54) is 44.2 Å². The van der Waals surface area contributed by atoms with E-state index in [-0.39, 0.29) is 11.5 Å². The number of hydrogen-bond acceptors (Lipinski definition) is 3. The summed E-state index contributed by atoms with van der Waals surface area (Å²) in [5.41, 5.74) is 1.13. The van der Waals surface area contributed by atoms with Crippen LogP contribution in [0.3, 0.4) is 0 Å². The molecule has 1 heterocycles. The molecule has 1 aromatic heterocycles. The van der Waals surface area contributed by atoms with Crippen molar-refractivity contribution in [2.75, 3.05) is 6.54 Å². The van der Waals surface area contributed by atoms with Gasteiger partial charge in [0.05, 0.1) is 11.3 Å². The number of carboxylic acid groups (broad SMARTS) is 1. The van der Waals surface area contributed by atoms with E-state index in [9.17, 15) is 9.59 Å². The lowest BCUT2D eigenvalue weighted by atomic mass is 9.65. The number of aryl methyl sites for hydroxylation is 1.